The first-order valence-corrected chi connectivity index (χ1v) is 9.49. The molecule has 0 atom stereocenters. The molecule has 0 aliphatic heterocycles. The lowest BCUT2D eigenvalue weighted by molar-refractivity contribution is 0.168. The molecule has 7 heteroatoms. The van der Waals surface area contributed by atoms with Crippen molar-refractivity contribution in [3.63, 3.8) is 0 Å². The van der Waals surface area contributed by atoms with Gasteiger partial charge in [0.05, 0.1) is 30.4 Å². The monoisotopic (exact) mass is 401 g/mol. The van der Waals surface area contributed by atoms with E-state index in [0.29, 0.717) is 23.8 Å². The summed E-state index contributed by atoms with van der Waals surface area (Å²) in [6, 6.07) is 11.7. The number of benzene rings is 1. The second-order valence-electron chi connectivity index (χ2n) is 6.25. The minimum atomic E-state index is -0.522. The van der Waals surface area contributed by atoms with Gasteiger partial charge in [0.2, 0.25) is 0 Å². The number of anilines is 1. The third kappa shape index (κ3) is 5.08. The van der Waals surface area contributed by atoms with E-state index < -0.39 is 6.09 Å². The van der Waals surface area contributed by atoms with E-state index in [1.165, 1.54) is 0 Å². The number of hydrogen-bond donors (Lipinski definition) is 2. The number of nitrogens with zero attached hydrogens (tertiary/aromatic N) is 3. The molecule has 0 saturated heterocycles. The van der Waals surface area contributed by atoms with E-state index in [2.05, 4.69) is 32.0 Å². The van der Waals surface area contributed by atoms with Gasteiger partial charge in [-0.15, -0.1) is 0 Å². The molecular weight excluding hydrogens is 378 g/mol. The summed E-state index contributed by atoms with van der Waals surface area (Å²) in [7, 11) is 0. The quantitative estimate of drug-likeness (QED) is 0.421. The molecule has 152 valence electrons. The lowest BCUT2D eigenvalue weighted by Gasteiger charge is -2.08. The number of aliphatic imine (C=N–C) groups is 1. The number of H-pyrrole nitrogens is 1. The van der Waals surface area contributed by atoms with Crippen LogP contribution in [0.4, 0.5) is 10.5 Å². The Balaban J connectivity index is 1.87. The molecule has 3 rings (SSSR count). The van der Waals surface area contributed by atoms with Crippen LogP contribution in [-0.4, -0.2) is 34.4 Å². The highest BCUT2D eigenvalue weighted by Crippen LogP contribution is 2.25. The van der Waals surface area contributed by atoms with Crippen molar-refractivity contribution in [1.29, 1.82) is 0 Å². The molecule has 0 saturated carbocycles. The van der Waals surface area contributed by atoms with E-state index in [0.717, 1.165) is 22.4 Å². The van der Waals surface area contributed by atoms with Gasteiger partial charge in [0, 0.05) is 11.8 Å². The van der Waals surface area contributed by atoms with Gasteiger partial charge >= 0.3 is 6.09 Å². The lowest BCUT2D eigenvalue weighted by Crippen LogP contribution is -2.13. The van der Waals surface area contributed by atoms with Crippen molar-refractivity contribution >= 4 is 29.8 Å². The third-order valence-electron chi connectivity index (χ3n) is 4.27. The van der Waals surface area contributed by atoms with Crippen molar-refractivity contribution in [2.24, 2.45) is 4.99 Å². The van der Waals surface area contributed by atoms with Crippen LogP contribution in [0.3, 0.4) is 0 Å². The molecule has 1 amide bonds. The Bertz CT molecular complexity index is 1080. The highest BCUT2D eigenvalue weighted by molar-refractivity contribution is 5.87. The number of nitrogens with one attached hydrogen (secondary N) is 2. The summed E-state index contributed by atoms with van der Waals surface area (Å²) >= 11 is 0. The third-order valence-corrected chi connectivity index (χ3v) is 4.27. The molecule has 2 heterocycles. The molecule has 0 fully saturated rings. The van der Waals surface area contributed by atoms with Crippen molar-refractivity contribution in [2.75, 3.05) is 11.9 Å². The molecule has 0 aliphatic carbocycles. The Morgan fingerprint density at radius 1 is 1.27 bits per heavy atom. The summed E-state index contributed by atoms with van der Waals surface area (Å²) in [4.78, 5) is 27.7. The SMILES string of the molecule is C=N/C(=C\C(=C/C)c1cncc(NC(=O)OCC)c1)c1ncc(-c2ccccc2)[nH]1. The van der Waals surface area contributed by atoms with Crippen molar-refractivity contribution in [1.82, 2.24) is 15.0 Å². The van der Waals surface area contributed by atoms with Gasteiger partial charge in [-0.25, -0.2) is 9.78 Å². The molecule has 0 unspecified atom stereocenters. The van der Waals surface area contributed by atoms with E-state index in [-0.39, 0.29) is 0 Å². The van der Waals surface area contributed by atoms with E-state index in [4.69, 9.17) is 4.74 Å². The average molecular weight is 401 g/mol. The van der Waals surface area contributed by atoms with Crippen LogP contribution >= 0.6 is 0 Å². The number of aromatic amines is 1. The topological polar surface area (TPSA) is 92.3 Å². The molecule has 2 N–H and O–H groups in total. The van der Waals surface area contributed by atoms with Gasteiger partial charge in [-0.2, -0.15) is 0 Å². The highest BCUT2D eigenvalue weighted by Gasteiger charge is 2.10. The molecule has 3 aromatic rings. The Morgan fingerprint density at radius 3 is 2.77 bits per heavy atom. The minimum Gasteiger partial charge on any atom is -0.450 e. The largest absolute Gasteiger partial charge is 0.450 e. The zero-order valence-corrected chi connectivity index (χ0v) is 16.9. The molecule has 0 spiro atoms. The molecule has 1 aromatic carbocycles. The normalized spacial score (nSPS) is 11.8. The molecule has 7 nitrogen and oxygen atoms in total. The number of imidazole rings is 1. The summed E-state index contributed by atoms with van der Waals surface area (Å²) in [5.41, 5.74) is 4.72. The first-order valence-electron chi connectivity index (χ1n) is 9.49. The van der Waals surface area contributed by atoms with Crippen LogP contribution in [0.25, 0.3) is 22.5 Å². The van der Waals surface area contributed by atoms with Crippen LogP contribution in [0.5, 0.6) is 0 Å². The Kier molecular flexibility index (Phi) is 6.89. The Morgan fingerprint density at radius 2 is 2.07 bits per heavy atom. The van der Waals surface area contributed by atoms with Crippen LogP contribution in [0.1, 0.15) is 25.2 Å². The minimum absolute atomic E-state index is 0.296. The second-order valence-corrected chi connectivity index (χ2v) is 6.25. The van der Waals surface area contributed by atoms with Crippen molar-refractivity contribution in [3.8, 4) is 11.3 Å². The van der Waals surface area contributed by atoms with Gasteiger partial charge in [0.1, 0.15) is 5.70 Å². The molecule has 0 aliphatic rings. The summed E-state index contributed by atoms with van der Waals surface area (Å²) in [5.74, 6) is 0.608. The number of amides is 1. The second kappa shape index (κ2) is 9.97. The van der Waals surface area contributed by atoms with Gasteiger partial charge in [-0.05, 0) is 43.8 Å². The van der Waals surface area contributed by atoms with Gasteiger partial charge in [0.25, 0.3) is 0 Å². The molecule has 0 radical (unpaired) electrons. The van der Waals surface area contributed by atoms with Gasteiger partial charge in [0.15, 0.2) is 5.82 Å². The number of ether oxygens (including phenoxy) is 1. The first-order chi connectivity index (χ1) is 14.6. The van der Waals surface area contributed by atoms with E-state index in [9.17, 15) is 4.79 Å². The summed E-state index contributed by atoms with van der Waals surface area (Å²) in [6.07, 6.45) is 8.31. The maximum atomic E-state index is 11.7. The Labute approximate surface area is 175 Å². The van der Waals surface area contributed by atoms with Crippen LogP contribution in [0.15, 0.2) is 72.1 Å². The number of hydrogen-bond acceptors (Lipinski definition) is 5. The summed E-state index contributed by atoms with van der Waals surface area (Å²) < 4.78 is 4.91. The summed E-state index contributed by atoms with van der Waals surface area (Å²) in [6.45, 7) is 7.64. The van der Waals surface area contributed by atoms with E-state index in [1.54, 1.807) is 25.5 Å². The molecule has 2 aromatic heterocycles. The number of carbonyl (C=O) groups is 1. The van der Waals surface area contributed by atoms with Gasteiger partial charge in [-0.1, -0.05) is 36.4 Å². The smallest absolute Gasteiger partial charge is 0.411 e. The fraction of sp³-hybridized carbons (Fsp3) is 0.130. The number of pyridine rings is 1. The maximum Gasteiger partial charge on any atom is 0.411 e. The van der Waals surface area contributed by atoms with Crippen LogP contribution in [-0.2, 0) is 4.74 Å². The molecule has 30 heavy (non-hydrogen) atoms. The van der Waals surface area contributed by atoms with E-state index in [1.807, 2.05) is 55.5 Å². The predicted octanol–water partition coefficient (Wildman–Crippen LogP) is 5.19. The van der Waals surface area contributed by atoms with Crippen LogP contribution < -0.4 is 5.32 Å². The zero-order valence-electron chi connectivity index (χ0n) is 16.9. The first kappa shape index (κ1) is 20.7. The van der Waals surface area contributed by atoms with E-state index >= 15 is 0 Å². The number of rotatable bonds is 7. The maximum absolute atomic E-state index is 11.7. The van der Waals surface area contributed by atoms with Gasteiger partial charge < -0.3 is 9.72 Å². The summed E-state index contributed by atoms with van der Waals surface area (Å²) in [5, 5.41) is 2.66. The molecule has 0 bridgehead atoms. The van der Waals surface area contributed by atoms with Crippen LogP contribution in [0, 0.1) is 0 Å². The van der Waals surface area contributed by atoms with Crippen molar-refractivity contribution in [2.45, 2.75) is 13.8 Å². The van der Waals surface area contributed by atoms with Crippen molar-refractivity contribution < 1.29 is 9.53 Å². The highest BCUT2D eigenvalue weighted by atomic mass is 16.5. The fourth-order valence-electron chi connectivity index (χ4n) is 2.84. The van der Waals surface area contributed by atoms with Crippen LogP contribution in [0.2, 0.25) is 0 Å². The zero-order chi connectivity index (χ0) is 21.3. The predicted molar refractivity (Wildman–Crippen MR) is 120 cm³/mol. The number of aromatic nitrogens is 3. The number of carbonyl (C=O) groups excluding carboxylic acids is 1. The fourth-order valence-corrected chi connectivity index (χ4v) is 2.84. The Hall–Kier alpha value is -4.00. The lowest BCUT2D eigenvalue weighted by atomic mass is 10.1. The standard InChI is InChI=1S/C23H23N5O2/c1-4-16(18-11-19(14-25-13-18)27-23(29)30-5-2)12-20(24-3)22-26-15-21(28-22)17-9-7-6-8-10-17/h4,6-15H,3,5H2,1-2H3,(H,26,28)(H,27,29)/b16-4+,20-12-. The number of allylic oxidation sites excluding steroid dienone is 3. The van der Waals surface area contributed by atoms with Crippen molar-refractivity contribution in [3.05, 3.63) is 78.5 Å². The molecular formula is C23H23N5O2. The average Bonchev–Trinajstić information content (AvgIpc) is 3.26. The van der Waals surface area contributed by atoms with Gasteiger partial charge in [-0.3, -0.25) is 15.3 Å².